The summed E-state index contributed by atoms with van der Waals surface area (Å²) in [6.07, 6.45) is 3.43. The van der Waals surface area contributed by atoms with Gasteiger partial charge in [0, 0.05) is 24.4 Å². The Morgan fingerprint density at radius 2 is 1.83 bits per heavy atom. The summed E-state index contributed by atoms with van der Waals surface area (Å²) in [4.78, 5) is 12.7. The van der Waals surface area contributed by atoms with Gasteiger partial charge in [0.2, 0.25) is 5.92 Å². The van der Waals surface area contributed by atoms with Crippen LogP contribution in [0.3, 0.4) is 0 Å². The van der Waals surface area contributed by atoms with Crippen molar-refractivity contribution in [2.45, 2.75) is 37.6 Å². The Morgan fingerprint density at radius 3 is 2.54 bits per heavy atom. The summed E-state index contributed by atoms with van der Waals surface area (Å²) in [5.41, 5.74) is 0.834. The molecule has 7 heteroatoms. The molecule has 3 aromatic rings. The van der Waals surface area contributed by atoms with E-state index in [1.165, 1.54) is 4.68 Å². The number of nitrogens with zero attached hydrogens (tertiary/aromatic N) is 4. The lowest BCUT2D eigenvalue weighted by Crippen LogP contribution is -2.33. The first kappa shape index (κ1) is 15.0. The highest BCUT2D eigenvalue weighted by atomic mass is 19.3. The van der Waals surface area contributed by atoms with Gasteiger partial charge < -0.3 is 0 Å². The minimum atomic E-state index is -2.63. The van der Waals surface area contributed by atoms with Crippen molar-refractivity contribution >= 4 is 10.9 Å². The fourth-order valence-corrected chi connectivity index (χ4v) is 3.18. The van der Waals surface area contributed by atoms with Gasteiger partial charge in [0.1, 0.15) is 0 Å². The molecule has 0 amide bonds. The van der Waals surface area contributed by atoms with Gasteiger partial charge in [-0.1, -0.05) is 18.2 Å². The number of hydrogen-bond donors (Lipinski definition) is 0. The van der Waals surface area contributed by atoms with Crippen LogP contribution in [-0.4, -0.2) is 25.5 Å². The highest BCUT2D eigenvalue weighted by Gasteiger charge is 2.36. The fourth-order valence-electron chi connectivity index (χ4n) is 3.18. The first-order valence-electron chi connectivity index (χ1n) is 7.94. The monoisotopic (exact) mass is 330 g/mol. The van der Waals surface area contributed by atoms with Gasteiger partial charge in [0.05, 0.1) is 17.9 Å². The van der Waals surface area contributed by atoms with Gasteiger partial charge in [-0.25, -0.2) is 18.1 Å². The average molecular weight is 330 g/mol. The summed E-state index contributed by atoms with van der Waals surface area (Å²) in [6, 6.07) is 9.17. The van der Waals surface area contributed by atoms with Crippen LogP contribution < -0.4 is 5.56 Å². The van der Waals surface area contributed by atoms with Crippen LogP contribution in [-0.2, 0) is 0 Å². The highest BCUT2D eigenvalue weighted by molar-refractivity contribution is 5.76. The lowest BCUT2D eigenvalue weighted by molar-refractivity contribution is -0.0453. The quantitative estimate of drug-likeness (QED) is 0.724. The van der Waals surface area contributed by atoms with Crippen molar-refractivity contribution in [3.05, 3.63) is 53.1 Å². The summed E-state index contributed by atoms with van der Waals surface area (Å²) >= 11 is 0. The van der Waals surface area contributed by atoms with E-state index in [1.54, 1.807) is 17.1 Å². The van der Waals surface area contributed by atoms with Gasteiger partial charge in [0.25, 0.3) is 5.56 Å². The van der Waals surface area contributed by atoms with Crippen molar-refractivity contribution in [3.8, 4) is 5.69 Å². The van der Waals surface area contributed by atoms with Gasteiger partial charge in [0.15, 0.2) is 5.52 Å². The summed E-state index contributed by atoms with van der Waals surface area (Å²) in [5.74, 6) is -2.63. The molecule has 1 fully saturated rings. The first-order valence-corrected chi connectivity index (χ1v) is 7.94. The standard InChI is InChI=1S/C17H16F2N4O/c18-17(19)8-6-14(7-9-17)23-16(24)15-12(10-20-23)11-22(21-15)13-4-2-1-3-5-13/h1-5,10-11,14H,6-9H2. The van der Waals surface area contributed by atoms with Crippen LogP contribution in [0.2, 0.25) is 0 Å². The number of alkyl halides is 2. The maximum Gasteiger partial charge on any atom is 0.295 e. The van der Waals surface area contributed by atoms with E-state index < -0.39 is 5.92 Å². The molecule has 0 bridgehead atoms. The minimum Gasteiger partial charge on any atom is -0.265 e. The van der Waals surface area contributed by atoms with Gasteiger partial charge in [-0.2, -0.15) is 10.2 Å². The predicted octanol–water partition coefficient (Wildman–Crippen LogP) is 3.33. The Bertz CT molecular complexity index is 923. The van der Waals surface area contributed by atoms with Crippen LogP contribution in [0.25, 0.3) is 16.6 Å². The van der Waals surface area contributed by atoms with Crippen LogP contribution in [0.5, 0.6) is 0 Å². The molecule has 0 N–H and O–H groups in total. The van der Waals surface area contributed by atoms with E-state index in [0.717, 1.165) is 5.69 Å². The van der Waals surface area contributed by atoms with Crippen LogP contribution in [0.4, 0.5) is 8.78 Å². The summed E-state index contributed by atoms with van der Waals surface area (Å²) in [7, 11) is 0. The van der Waals surface area contributed by atoms with Gasteiger partial charge in [-0.05, 0) is 25.0 Å². The first-order chi connectivity index (χ1) is 11.5. The molecule has 0 unspecified atom stereocenters. The molecule has 2 heterocycles. The topological polar surface area (TPSA) is 52.7 Å². The van der Waals surface area contributed by atoms with Crippen molar-refractivity contribution in [1.82, 2.24) is 19.6 Å². The molecule has 2 aromatic heterocycles. The SMILES string of the molecule is O=c1c2nn(-c3ccccc3)cc2cnn1C1CCC(F)(F)CC1. The Morgan fingerprint density at radius 1 is 1.12 bits per heavy atom. The minimum absolute atomic E-state index is 0.206. The van der Waals surface area contributed by atoms with Crippen molar-refractivity contribution in [2.24, 2.45) is 0 Å². The lowest BCUT2D eigenvalue weighted by Gasteiger charge is -2.28. The molecule has 0 saturated heterocycles. The zero-order valence-electron chi connectivity index (χ0n) is 12.9. The van der Waals surface area contributed by atoms with E-state index in [2.05, 4.69) is 10.2 Å². The molecule has 1 aliphatic carbocycles. The van der Waals surface area contributed by atoms with E-state index in [0.29, 0.717) is 10.9 Å². The normalized spacial score (nSPS) is 18.1. The van der Waals surface area contributed by atoms with Crippen LogP contribution in [0, 0.1) is 0 Å². The molecule has 5 nitrogen and oxygen atoms in total. The van der Waals surface area contributed by atoms with Gasteiger partial charge in [-0.15, -0.1) is 0 Å². The number of benzene rings is 1. The second-order valence-corrected chi connectivity index (χ2v) is 6.19. The Kier molecular flexibility index (Phi) is 3.44. The van der Waals surface area contributed by atoms with Gasteiger partial charge >= 0.3 is 0 Å². The average Bonchev–Trinajstić information content (AvgIpc) is 3.02. The van der Waals surface area contributed by atoms with Gasteiger partial charge in [-0.3, -0.25) is 4.79 Å². The van der Waals surface area contributed by atoms with E-state index in [1.807, 2.05) is 30.3 Å². The van der Waals surface area contributed by atoms with Crippen LogP contribution in [0.15, 0.2) is 47.5 Å². The molecule has 24 heavy (non-hydrogen) atoms. The lowest BCUT2D eigenvalue weighted by atomic mass is 9.92. The van der Waals surface area contributed by atoms with Crippen molar-refractivity contribution in [2.75, 3.05) is 0 Å². The highest BCUT2D eigenvalue weighted by Crippen LogP contribution is 2.37. The predicted molar refractivity (Wildman–Crippen MR) is 85.6 cm³/mol. The molecule has 0 aliphatic heterocycles. The van der Waals surface area contributed by atoms with E-state index >= 15 is 0 Å². The summed E-state index contributed by atoms with van der Waals surface area (Å²) < 4.78 is 29.6. The van der Waals surface area contributed by atoms with Crippen LogP contribution in [0.1, 0.15) is 31.7 Å². The molecule has 1 saturated carbocycles. The Hall–Kier alpha value is -2.57. The van der Waals surface area contributed by atoms with E-state index in [9.17, 15) is 13.6 Å². The molecular weight excluding hydrogens is 314 g/mol. The molecule has 0 atom stereocenters. The third kappa shape index (κ3) is 2.60. The van der Waals surface area contributed by atoms with E-state index in [-0.39, 0.29) is 37.3 Å². The molecule has 124 valence electrons. The number of rotatable bonds is 2. The smallest absolute Gasteiger partial charge is 0.265 e. The fraction of sp³-hybridized carbons (Fsp3) is 0.353. The molecular formula is C17H16F2N4O. The third-order valence-electron chi connectivity index (χ3n) is 4.53. The summed E-state index contributed by atoms with van der Waals surface area (Å²) in [5, 5.41) is 9.19. The largest absolute Gasteiger partial charge is 0.295 e. The maximum atomic E-state index is 13.3. The third-order valence-corrected chi connectivity index (χ3v) is 4.53. The zero-order chi connectivity index (χ0) is 16.7. The second kappa shape index (κ2) is 5.51. The Labute approximate surface area is 136 Å². The molecule has 4 rings (SSSR count). The molecule has 1 aromatic carbocycles. The van der Waals surface area contributed by atoms with Crippen molar-refractivity contribution in [3.63, 3.8) is 0 Å². The summed E-state index contributed by atoms with van der Waals surface area (Å²) in [6.45, 7) is 0. The number of hydrogen-bond acceptors (Lipinski definition) is 3. The number of fused-ring (bicyclic) bond motifs is 1. The van der Waals surface area contributed by atoms with Crippen LogP contribution >= 0.6 is 0 Å². The zero-order valence-corrected chi connectivity index (χ0v) is 12.9. The number of aromatic nitrogens is 4. The van der Waals surface area contributed by atoms with Crippen molar-refractivity contribution in [1.29, 1.82) is 0 Å². The van der Waals surface area contributed by atoms with E-state index in [4.69, 9.17) is 0 Å². The number of para-hydroxylation sites is 1. The molecule has 0 radical (unpaired) electrons. The molecule has 0 spiro atoms. The second-order valence-electron chi connectivity index (χ2n) is 6.19. The molecule has 1 aliphatic rings. The number of halogens is 2. The Balaban J connectivity index is 1.72. The van der Waals surface area contributed by atoms with Crippen molar-refractivity contribution < 1.29 is 8.78 Å². The maximum absolute atomic E-state index is 13.3.